The zero-order valence-electron chi connectivity index (χ0n) is 5.28. The molecule has 0 rings (SSSR count). The Kier molecular flexibility index (Phi) is 37.5. The van der Waals surface area contributed by atoms with Crippen molar-refractivity contribution in [3.8, 4) is 0 Å². The quantitative estimate of drug-likeness (QED) is 0.183. The van der Waals surface area contributed by atoms with E-state index in [2.05, 4.69) is 0 Å². The molecule has 0 atom stereocenters. The molecule has 0 saturated carbocycles. The topological polar surface area (TPSA) is 199 Å². The van der Waals surface area contributed by atoms with Crippen LogP contribution in [0.2, 0.25) is 0 Å². The second-order valence-electron chi connectivity index (χ2n) is 0.603. The fourth-order valence-electron chi connectivity index (χ4n) is 0. The van der Waals surface area contributed by atoms with Crippen LogP contribution in [0.15, 0.2) is 0 Å². The van der Waals surface area contributed by atoms with Crippen LogP contribution in [0.3, 0.4) is 0 Å². The SMILES string of the molecule is [Fe].[O-][I+2]([O-])O.[O-][I+2]([O-])O.[O-][I+2]([O-])O. The molecule has 0 bridgehead atoms. The van der Waals surface area contributed by atoms with Crippen LogP contribution >= 0.6 is 0 Å². The second kappa shape index (κ2) is 19.9. The third-order valence-electron chi connectivity index (χ3n) is 0. The fraction of sp³-hybridized carbons (Fsp3) is 0. The van der Waals surface area contributed by atoms with Crippen LogP contribution < -0.4 is 83.8 Å². The first-order chi connectivity index (χ1) is 5.20. The van der Waals surface area contributed by atoms with E-state index in [9.17, 15) is 0 Å². The molecule has 9 nitrogen and oxygen atoms in total. The van der Waals surface area contributed by atoms with Gasteiger partial charge in [0, 0.05) is 17.1 Å². The Balaban J connectivity index is -0.0000000450. The predicted octanol–water partition coefficient (Wildman–Crippen LogP) is -17.8. The van der Waals surface area contributed by atoms with Crippen LogP contribution in [0.25, 0.3) is 0 Å². The smallest absolute Gasteiger partial charge is 0.396 e. The van der Waals surface area contributed by atoms with Gasteiger partial charge in [0.2, 0.25) is 0 Å². The third-order valence-corrected chi connectivity index (χ3v) is 0. The van der Waals surface area contributed by atoms with Crippen LogP contribution in [0.5, 0.6) is 0 Å². The number of halogens is 3. The van der Waals surface area contributed by atoms with E-state index in [4.69, 9.17) is 30.9 Å². The standard InChI is InChI=1S/Fe.3HIO3/c;3*2-1(3)4/h;3*2H. The van der Waals surface area contributed by atoms with Gasteiger partial charge in [-0.15, -0.1) is 0 Å². The maximum absolute atomic E-state index is 8.68. The maximum atomic E-state index is 8.68. The molecule has 0 aromatic heterocycles. The van der Waals surface area contributed by atoms with Gasteiger partial charge in [0.05, 0.1) is 0 Å². The third kappa shape index (κ3) is 396. The normalized spacial score (nSPS) is 8.31. The molecule has 13 heteroatoms. The van der Waals surface area contributed by atoms with Gasteiger partial charge in [0.15, 0.2) is 0 Å². The van der Waals surface area contributed by atoms with E-state index in [-0.39, 0.29) is 17.1 Å². The molecule has 0 aliphatic heterocycles. The molecule has 86 valence electrons. The molecule has 0 unspecified atom stereocenters. The van der Waals surface area contributed by atoms with Crippen molar-refractivity contribution in [1.29, 1.82) is 0 Å². The summed E-state index contributed by atoms with van der Waals surface area (Å²) in [7, 11) is 0. The van der Waals surface area contributed by atoms with E-state index in [0.717, 1.165) is 0 Å². The van der Waals surface area contributed by atoms with E-state index in [1.165, 1.54) is 0 Å². The average Bonchev–Trinajstić information content (AvgIpc) is 1.54. The number of rotatable bonds is 0. The molecule has 0 aromatic rings. The van der Waals surface area contributed by atoms with E-state index >= 15 is 0 Å². The van der Waals surface area contributed by atoms with Crippen molar-refractivity contribution in [3.63, 3.8) is 0 Å². The van der Waals surface area contributed by atoms with Crippen molar-refractivity contribution in [2.75, 3.05) is 0 Å². The molecule has 0 fully saturated rings. The summed E-state index contributed by atoms with van der Waals surface area (Å²) in [5, 5.41) is 0. The van der Waals surface area contributed by atoms with Gasteiger partial charge in [-0.1, -0.05) is 0 Å². The predicted molar refractivity (Wildman–Crippen MR) is 6.66 cm³/mol. The second-order valence-corrected chi connectivity index (χ2v) is 4.05. The van der Waals surface area contributed by atoms with E-state index in [1.54, 1.807) is 0 Å². The van der Waals surface area contributed by atoms with Crippen LogP contribution in [-0.4, -0.2) is 10.3 Å². The Morgan fingerprint density at radius 3 is 0.538 bits per heavy atom. The van der Waals surface area contributed by atoms with Gasteiger partial charge in [0.25, 0.3) is 0 Å². The summed E-state index contributed by atoms with van der Waals surface area (Å²) in [6.07, 6.45) is 0. The molecular weight excluding hydrogens is 581 g/mol. The van der Waals surface area contributed by atoms with Crippen molar-refractivity contribution in [2.24, 2.45) is 0 Å². The minimum atomic E-state index is -3.76. The number of hydrogen-bond acceptors (Lipinski definition) is 9. The van der Waals surface area contributed by atoms with Crippen LogP contribution in [0.4, 0.5) is 0 Å². The minimum absolute atomic E-state index is 0. The van der Waals surface area contributed by atoms with E-state index in [1.807, 2.05) is 0 Å². The van der Waals surface area contributed by atoms with Gasteiger partial charge >= 0.3 is 63.2 Å². The van der Waals surface area contributed by atoms with E-state index < -0.39 is 63.2 Å². The molecule has 0 radical (unpaired) electrons. The molecule has 0 aliphatic carbocycles. The van der Waals surface area contributed by atoms with Gasteiger partial charge in [-0.05, 0) is 10.3 Å². The average molecular weight is 584 g/mol. The molecule has 13 heavy (non-hydrogen) atoms. The molecule has 3 N–H and O–H groups in total. The fourth-order valence-corrected chi connectivity index (χ4v) is 0. The molecule has 0 amide bonds. The summed E-state index contributed by atoms with van der Waals surface area (Å²) in [6, 6.07) is 0. The Morgan fingerprint density at radius 2 is 0.538 bits per heavy atom. The summed E-state index contributed by atoms with van der Waals surface area (Å²) in [5.41, 5.74) is 0. The van der Waals surface area contributed by atoms with Crippen molar-refractivity contribution < 1.29 is 111 Å². The van der Waals surface area contributed by atoms with Gasteiger partial charge in [-0.2, -0.15) is 0 Å². The Hall–Kier alpha value is 2.35. The van der Waals surface area contributed by atoms with Gasteiger partial charge in [-0.3, -0.25) is 0 Å². The first-order valence-electron chi connectivity index (χ1n) is 1.43. The van der Waals surface area contributed by atoms with Gasteiger partial charge in [-0.25, -0.2) is 0 Å². The summed E-state index contributed by atoms with van der Waals surface area (Å²) < 4.78 is 73.4. The monoisotopic (exact) mass is 584 g/mol. The Labute approximate surface area is 110 Å². The summed E-state index contributed by atoms with van der Waals surface area (Å²) in [4.78, 5) is 0. The maximum Gasteiger partial charge on any atom is 0.503 e. The summed E-state index contributed by atoms with van der Waals surface area (Å²) in [5.74, 6) is 0. The van der Waals surface area contributed by atoms with Crippen molar-refractivity contribution in [3.05, 3.63) is 0 Å². The zero-order chi connectivity index (χ0) is 10.7. The first-order valence-corrected chi connectivity index (χ1v) is 9.61. The van der Waals surface area contributed by atoms with Crippen LogP contribution in [0, 0.1) is 0 Å². The van der Waals surface area contributed by atoms with Crippen LogP contribution in [-0.2, 0) is 17.1 Å². The summed E-state index contributed by atoms with van der Waals surface area (Å²) >= 11 is -11.3. The largest absolute Gasteiger partial charge is 0.503 e. The Morgan fingerprint density at radius 1 is 0.538 bits per heavy atom. The van der Waals surface area contributed by atoms with Crippen molar-refractivity contribution >= 4 is 0 Å². The molecule has 0 aliphatic rings. The number of hydrogen-bond donors (Lipinski definition) is 3. The van der Waals surface area contributed by atoms with Crippen molar-refractivity contribution in [1.82, 2.24) is 0 Å². The molecule has 0 saturated heterocycles. The Bertz CT molecular complexity index is 43.4. The zero-order valence-corrected chi connectivity index (χ0v) is 12.9. The molecule has 0 aromatic carbocycles. The van der Waals surface area contributed by atoms with Gasteiger partial charge in [0.1, 0.15) is 0 Å². The first kappa shape index (κ1) is 24.5. The molecular formula is H3FeI3O9. The molecule has 0 heterocycles. The van der Waals surface area contributed by atoms with E-state index in [0.29, 0.717) is 0 Å². The minimum Gasteiger partial charge on any atom is -0.396 e. The van der Waals surface area contributed by atoms with Crippen LogP contribution in [0.1, 0.15) is 0 Å². The molecule has 0 spiro atoms. The van der Waals surface area contributed by atoms with Gasteiger partial charge < -0.3 is 20.6 Å². The van der Waals surface area contributed by atoms with Crippen molar-refractivity contribution in [2.45, 2.75) is 0 Å². The summed E-state index contributed by atoms with van der Waals surface area (Å²) in [6.45, 7) is 0.